The number of benzene rings is 2. The van der Waals surface area contributed by atoms with Gasteiger partial charge in [-0.2, -0.15) is 0 Å². The van der Waals surface area contributed by atoms with Crippen LogP contribution in [0.25, 0.3) is 0 Å². The summed E-state index contributed by atoms with van der Waals surface area (Å²) in [6.07, 6.45) is 1.11. The lowest BCUT2D eigenvalue weighted by atomic mass is 9.98. The van der Waals surface area contributed by atoms with E-state index >= 15 is 0 Å². The predicted molar refractivity (Wildman–Crippen MR) is 127 cm³/mol. The Morgan fingerprint density at radius 2 is 1.72 bits per heavy atom. The van der Waals surface area contributed by atoms with E-state index in [4.69, 9.17) is 14.2 Å². The molecule has 1 atom stereocenters. The van der Waals surface area contributed by atoms with Crippen molar-refractivity contribution >= 4 is 29.9 Å². The number of nitrogens with one attached hydrogen (secondary N) is 1. The molecule has 1 saturated heterocycles. The SMILES string of the molecule is CN=C(NCc1ccc(OC)cc1OC)N1CCC(c2ccc(OC)cc2)C1.I. The maximum absolute atomic E-state index is 5.49. The molecule has 158 valence electrons. The van der Waals surface area contributed by atoms with Gasteiger partial charge < -0.3 is 24.4 Å². The number of nitrogens with zero attached hydrogens (tertiary/aromatic N) is 2. The molecule has 1 heterocycles. The fraction of sp³-hybridized carbons (Fsp3) is 0.409. The Kier molecular flexibility index (Phi) is 8.88. The summed E-state index contributed by atoms with van der Waals surface area (Å²) < 4.78 is 16.0. The van der Waals surface area contributed by atoms with Crippen LogP contribution in [-0.2, 0) is 6.54 Å². The minimum atomic E-state index is 0. The third-order valence-corrected chi connectivity index (χ3v) is 5.22. The molecule has 0 aliphatic carbocycles. The van der Waals surface area contributed by atoms with Crippen molar-refractivity contribution in [3.05, 3.63) is 53.6 Å². The van der Waals surface area contributed by atoms with Gasteiger partial charge in [-0.1, -0.05) is 12.1 Å². The molecule has 7 heteroatoms. The Balaban J connectivity index is 0.00000300. The Bertz CT molecular complexity index is 811. The summed E-state index contributed by atoms with van der Waals surface area (Å²) in [7, 11) is 6.85. The van der Waals surface area contributed by atoms with Crippen LogP contribution in [0.15, 0.2) is 47.5 Å². The quantitative estimate of drug-likeness (QED) is 0.363. The average Bonchev–Trinajstić information content (AvgIpc) is 3.24. The zero-order chi connectivity index (χ0) is 19.9. The molecule has 0 bridgehead atoms. The maximum Gasteiger partial charge on any atom is 0.193 e. The molecule has 0 aromatic heterocycles. The lowest BCUT2D eigenvalue weighted by molar-refractivity contribution is 0.390. The molecule has 1 aliphatic rings. The molecule has 0 saturated carbocycles. The molecule has 3 rings (SSSR count). The van der Waals surface area contributed by atoms with Crippen molar-refractivity contribution in [1.82, 2.24) is 10.2 Å². The highest BCUT2D eigenvalue weighted by Gasteiger charge is 2.26. The molecule has 1 fully saturated rings. The Morgan fingerprint density at radius 3 is 2.34 bits per heavy atom. The van der Waals surface area contributed by atoms with Gasteiger partial charge in [0.05, 0.1) is 21.3 Å². The summed E-state index contributed by atoms with van der Waals surface area (Å²) in [5.74, 6) is 3.89. The van der Waals surface area contributed by atoms with Crippen LogP contribution >= 0.6 is 24.0 Å². The highest BCUT2D eigenvalue weighted by Crippen LogP contribution is 2.29. The molecule has 29 heavy (non-hydrogen) atoms. The van der Waals surface area contributed by atoms with Gasteiger partial charge in [-0.25, -0.2) is 0 Å². The van der Waals surface area contributed by atoms with Crippen LogP contribution in [0.5, 0.6) is 17.2 Å². The molecule has 0 amide bonds. The number of halogens is 1. The Hall–Kier alpha value is -2.16. The van der Waals surface area contributed by atoms with Gasteiger partial charge in [0.1, 0.15) is 17.2 Å². The lowest BCUT2D eigenvalue weighted by Crippen LogP contribution is -2.39. The van der Waals surface area contributed by atoms with Gasteiger partial charge in [-0.3, -0.25) is 4.99 Å². The van der Waals surface area contributed by atoms with Crippen molar-refractivity contribution in [2.75, 3.05) is 41.5 Å². The monoisotopic (exact) mass is 511 g/mol. The zero-order valence-corrected chi connectivity index (χ0v) is 19.8. The maximum atomic E-state index is 5.49. The second kappa shape index (κ2) is 11.1. The number of aliphatic imine (C=N–C) groups is 1. The number of hydrogen-bond donors (Lipinski definition) is 1. The van der Waals surface area contributed by atoms with E-state index in [1.165, 1.54) is 5.56 Å². The van der Waals surface area contributed by atoms with E-state index in [0.29, 0.717) is 12.5 Å². The topological polar surface area (TPSA) is 55.3 Å². The molecule has 2 aromatic carbocycles. The van der Waals surface area contributed by atoms with Crippen LogP contribution in [-0.4, -0.2) is 52.3 Å². The Morgan fingerprint density at radius 1 is 1.03 bits per heavy atom. The van der Waals surface area contributed by atoms with Crippen molar-refractivity contribution in [1.29, 1.82) is 0 Å². The third-order valence-electron chi connectivity index (χ3n) is 5.22. The standard InChI is InChI=1S/C22H29N3O3.HI/c1-23-22(24-14-17-7-10-20(27-3)13-21(17)28-4)25-12-11-18(15-25)16-5-8-19(26-2)9-6-16;/h5-10,13,18H,11-12,14-15H2,1-4H3,(H,23,24);1H. The van der Waals surface area contributed by atoms with Crippen molar-refractivity contribution in [3.8, 4) is 17.2 Å². The summed E-state index contributed by atoms with van der Waals surface area (Å²) in [6.45, 7) is 2.57. The van der Waals surface area contributed by atoms with Crippen LogP contribution in [0.4, 0.5) is 0 Å². The number of ether oxygens (including phenoxy) is 3. The minimum absolute atomic E-state index is 0. The number of rotatable bonds is 6. The second-order valence-electron chi connectivity index (χ2n) is 6.78. The van der Waals surface area contributed by atoms with E-state index < -0.39 is 0 Å². The molecule has 6 nitrogen and oxygen atoms in total. The Labute approximate surface area is 190 Å². The largest absolute Gasteiger partial charge is 0.497 e. The highest BCUT2D eigenvalue weighted by atomic mass is 127. The first-order valence-corrected chi connectivity index (χ1v) is 9.49. The van der Waals surface area contributed by atoms with Crippen LogP contribution in [0.2, 0.25) is 0 Å². The smallest absolute Gasteiger partial charge is 0.193 e. The van der Waals surface area contributed by atoms with Gasteiger partial charge in [0.2, 0.25) is 0 Å². The van der Waals surface area contributed by atoms with Crippen molar-refractivity contribution in [2.45, 2.75) is 18.9 Å². The van der Waals surface area contributed by atoms with E-state index in [-0.39, 0.29) is 24.0 Å². The third kappa shape index (κ3) is 5.68. The molecular formula is C22H30IN3O3. The fourth-order valence-corrected chi connectivity index (χ4v) is 3.61. The number of methoxy groups -OCH3 is 3. The predicted octanol–water partition coefficient (Wildman–Crippen LogP) is 3.90. The van der Waals surface area contributed by atoms with E-state index in [2.05, 4.69) is 27.3 Å². The second-order valence-corrected chi connectivity index (χ2v) is 6.78. The fourth-order valence-electron chi connectivity index (χ4n) is 3.61. The summed E-state index contributed by atoms with van der Waals surface area (Å²) >= 11 is 0. The van der Waals surface area contributed by atoms with Crippen molar-refractivity contribution in [3.63, 3.8) is 0 Å². The molecule has 1 N–H and O–H groups in total. The summed E-state index contributed by atoms with van der Waals surface area (Å²) in [5, 5.41) is 3.47. The number of guanidine groups is 1. The van der Waals surface area contributed by atoms with Crippen LogP contribution in [0, 0.1) is 0 Å². The highest BCUT2D eigenvalue weighted by molar-refractivity contribution is 14.0. The first-order valence-electron chi connectivity index (χ1n) is 9.49. The first-order chi connectivity index (χ1) is 13.7. The summed E-state index contributed by atoms with van der Waals surface area (Å²) in [5.41, 5.74) is 2.41. The van der Waals surface area contributed by atoms with Crippen LogP contribution in [0.3, 0.4) is 0 Å². The van der Waals surface area contributed by atoms with Crippen molar-refractivity contribution in [2.24, 2.45) is 4.99 Å². The van der Waals surface area contributed by atoms with Gasteiger partial charge in [-0.05, 0) is 36.2 Å². The molecular weight excluding hydrogens is 481 g/mol. The van der Waals surface area contributed by atoms with Gasteiger partial charge in [-0.15, -0.1) is 24.0 Å². The zero-order valence-electron chi connectivity index (χ0n) is 17.5. The van der Waals surface area contributed by atoms with Gasteiger partial charge >= 0.3 is 0 Å². The van der Waals surface area contributed by atoms with Gasteiger partial charge in [0, 0.05) is 44.2 Å². The van der Waals surface area contributed by atoms with E-state index in [9.17, 15) is 0 Å². The molecule has 2 aromatic rings. The van der Waals surface area contributed by atoms with E-state index in [1.54, 1.807) is 21.3 Å². The van der Waals surface area contributed by atoms with Crippen molar-refractivity contribution < 1.29 is 14.2 Å². The number of likely N-dealkylation sites (tertiary alicyclic amines) is 1. The van der Waals surface area contributed by atoms with E-state index in [0.717, 1.165) is 48.3 Å². The number of hydrogen-bond acceptors (Lipinski definition) is 4. The molecule has 1 aliphatic heterocycles. The lowest BCUT2D eigenvalue weighted by Gasteiger charge is -2.22. The minimum Gasteiger partial charge on any atom is -0.497 e. The van der Waals surface area contributed by atoms with Crippen LogP contribution < -0.4 is 19.5 Å². The average molecular weight is 511 g/mol. The van der Waals surface area contributed by atoms with E-state index in [1.807, 2.05) is 37.4 Å². The van der Waals surface area contributed by atoms with Gasteiger partial charge in [0.15, 0.2) is 5.96 Å². The summed E-state index contributed by atoms with van der Waals surface area (Å²) in [4.78, 5) is 6.79. The van der Waals surface area contributed by atoms with Gasteiger partial charge in [0.25, 0.3) is 0 Å². The summed E-state index contributed by atoms with van der Waals surface area (Å²) in [6, 6.07) is 14.2. The first kappa shape index (κ1) is 23.1. The normalized spacial score (nSPS) is 16.2. The molecule has 0 radical (unpaired) electrons. The van der Waals surface area contributed by atoms with Crippen LogP contribution in [0.1, 0.15) is 23.5 Å². The molecule has 0 spiro atoms. The molecule has 1 unspecified atom stereocenters.